The van der Waals surface area contributed by atoms with Crippen molar-refractivity contribution in [2.24, 2.45) is 0 Å². The van der Waals surface area contributed by atoms with Crippen LogP contribution in [-0.4, -0.2) is 0 Å². The third-order valence-corrected chi connectivity index (χ3v) is 16.5. The topological polar surface area (TPSA) is 23.8 Å². The molecule has 0 aromatic heterocycles. The van der Waals surface area contributed by atoms with Crippen LogP contribution in [0.5, 0.6) is 0 Å². The maximum atomic E-state index is 7.32. The number of benzene rings is 9. The van der Waals surface area contributed by atoms with Gasteiger partial charge in [0.1, 0.15) is 0 Å². The van der Waals surface area contributed by atoms with Gasteiger partial charge in [-0.25, -0.2) is 0 Å². The molecule has 301 valence electrons. The smallest absolute Gasteiger partial charge is 0.0587 e. The maximum absolute atomic E-state index is 7.32. The third kappa shape index (κ3) is 14.2. The molecule has 0 saturated carbocycles. The van der Waals surface area contributed by atoms with E-state index in [-0.39, 0.29) is 19.5 Å². The van der Waals surface area contributed by atoms with Crippen LogP contribution in [0.1, 0.15) is 6.92 Å². The van der Waals surface area contributed by atoms with Crippen molar-refractivity contribution < 1.29 is 19.5 Å². The van der Waals surface area contributed by atoms with Crippen molar-refractivity contribution in [3.63, 3.8) is 0 Å². The summed E-state index contributed by atoms with van der Waals surface area (Å²) in [5.74, 6) is 0. The van der Waals surface area contributed by atoms with Crippen LogP contribution in [0.2, 0.25) is 0 Å². The molecule has 9 aromatic rings. The zero-order chi connectivity index (χ0) is 41.5. The van der Waals surface area contributed by atoms with Crippen LogP contribution in [-0.2, 0) is 19.5 Å². The molecule has 0 fully saturated rings. The Morgan fingerprint density at radius 1 is 0.230 bits per heavy atom. The monoisotopic (exact) mass is 930 g/mol. The molecule has 1 radical (unpaired) electrons. The second kappa shape index (κ2) is 26.6. The van der Waals surface area contributed by atoms with E-state index in [1.807, 2.05) is 0 Å². The van der Waals surface area contributed by atoms with Crippen molar-refractivity contribution in [3.05, 3.63) is 273 Å². The van der Waals surface area contributed by atoms with E-state index in [9.17, 15) is 0 Å². The van der Waals surface area contributed by atoms with Gasteiger partial charge >= 0.3 is 0 Å². The van der Waals surface area contributed by atoms with E-state index in [4.69, 9.17) is 5.26 Å². The van der Waals surface area contributed by atoms with Crippen molar-refractivity contribution in [3.8, 4) is 6.07 Å². The van der Waals surface area contributed by atoms with E-state index in [1.54, 1.807) is 6.07 Å². The number of rotatable bonds is 9. The first-order valence-electron chi connectivity index (χ1n) is 19.9. The van der Waals surface area contributed by atoms with Gasteiger partial charge in [0, 0.05) is 26.4 Å². The molecule has 1 nitrogen and oxygen atoms in total. The summed E-state index contributed by atoms with van der Waals surface area (Å²) in [6.45, 7) is 1.43. The Morgan fingerprint density at radius 2 is 0.311 bits per heavy atom. The van der Waals surface area contributed by atoms with Gasteiger partial charge < -0.3 is 0 Å². The van der Waals surface area contributed by atoms with Crippen LogP contribution in [0.4, 0.5) is 0 Å². The molecule has 0 aliphatic rings. The molecular formula is C56H48NP3Rh. The van der Waals surface area contributed by atoms with E-state index >= 15 is 0 Å². The quantitative estimate of drug-likeness (QED) is 0.105. The molecule has 9 rings (SSSR count). The van der Waals surface area contributed by atoms with Crippen molar-refractivity contribution in [1.29, 1.82) is 5.26 Å². The third-order valence-electron chi connectivity index (χ3n) is 9.13. The summed E-state index contributed by atoms with van der Waals surface area (Å²) >= 11 is 0. The van der Waals surface area contributed by atoms with Gasteiger partial charge in [-0.2, -0.15) is 5.26 Å². The second-order valence-electron chi connectivity index (χ2n) is 13.2. The summed E-state index contributed by atoms with van der Waals surface area (Å²) < 4.78 is 0. The van der Waals surface area contributed by atoms with Crippen LogP contribution >= 0.6 is 23.8 Å². The van der Waals surface area contributed by atoms with Crippen molar-refractivity contribution in [2.45, 2.75) is 6.92 Å². The van der Waals surface area contributed by atoms with E-state index in [0.717, 1.165) is 0 Å². The molecule has 0 unspecified atom stereocenters. The Balaban J connectivity index is 0.000000166. The van der Waals surface area contributed by atoms with Crippen LogP contribution < -0.4 is 47.7 Å². The molecule has 0 N–H and O–H groups in total. The van der Waals surface area contributed by atoms with Crippen molar-refractivity contribution in [2.75, 3.05) is 0 Å². The second-order valence-corrected chi connectivity index (χ2v) is 19.9. The van der Waals surface area contributed by atoms with Crippen LogP contribution in [0, 0.1) is 11.3 Å². The number of nitriles is 1. The molecule has 0 heterocycles. The van der Waals surface area contributed by atoms with E-state index in [2.05, 4.69) is 273 Å². The predicted molar refractivity (Wildman–Crippen MR) is 267 cm³/mol. The molecule has 0 amide bonds. The number of nitrogens with zero attached hydrogens (tertiary/aromatic N) is 1. The summed E-state index contributed by atoms with van der Waals surface area (Å²) in [5, 5.41) is 19.9. The Kier molecular flexibility index (Phi) is 20.2. The molecule has 0 saturated heterocycles. The maximum Gasteiger partial charge on any atom is 0.0587 e. The fourth-order valence-corrected chi connectivity index (χ4v) is 13.5. The first-order chi connectivity index (χ1) is 29.8. The average molecular weight is 931 g/mol. The first-order valence-corrected chi connectivity index (χ1v) is 24.0. The molecule has 9 aromatic carbocycles. The minimum Gasteiger partial charge on any atom is -0.199 e. The molecule has 0 spiro atoms. The predicted octanol–water partition coefficient (Wildman–Crippen LogP) is 10.9. The van der Waals surface area contributed by atoms with Crippen LogP contribution in [0.25, 0.3) is 0 Å². The zero-order valence-corrected chi connectivity index (χ0v) is 38.4. The largest absolute Gasteiger partial charge is 0.199 e. The number of hydrogen-bond donors (Lipinski definition) is 0. The summed E-state index contributed by atoms with van der Waals surface area (Å²) in [5.41, 5.74) is 0. The molecular weight excluding hydrogens is 882 g/mol. The van der Waals surface area contributed by atoms with E-state index < -0.39 is 23.8 Å². The fourth-order valence-electron chi connectivity index (χ4n) is 6.54. The Labute approximate surface area is 379 Å². The summed E-state index contributed by atoms with van der Waals surface area (Å²) in [6, 6.07) is 98.7. The van der Waals surface area contributed by atoms with Gasteiger partial charge in [-0.15, -0.1) is 0 Å². The summed E-state index contributed by atoms with van der Waals surface area (Å²) in [4.78, 5) is 0. The summed E-state index contributed by atoms with van der Waals surface area (Å²) in [7, 11) is -1.34. The van der Waals surface area contributed by atoms with E-state index in [1.165, 1.54) is 54.7 Å². The Morgan fingerprint density at radius 3 is 0.393 bits per heavy atom. The van der Waals surface area contributed by atoms with Gasteiger partial charge in [0.05, 0.1) is 6.07 Å². The van der Waals surface area contributed by atoms with Crippen molar-refractivity contribution >= 4 is 71.5 Å². The van der Waals surface area contributed by atoms with Gasteiger partial charge in [0.15, 0.2) is 0 Å². The molecule has 61 heavy (non-hydrogen) atoms. The Bertz CT molecular complexity index is 1970. The number of hydrogen-bond acceptors (Lipinski definition) is 1. The Hall–Kier alpha value is -5.62. The SMILES string of the molecule is CC#N.[Rh].c1ccc(P(c2ccccc2)c2ccccc2)cc1.c1ccc(P(c2ccccc2)c2ccccc2)cc1.c1ccc(P(c2ccccc2)c2ccccc2)cc1. The fraction of sp³-hybridized carbons (Fsp3) is 0.0179. The average Bonchev–Trinajstić information content (AvgIpc) is 3.33. The minimum absolute atomic E-state index is 0. The summed E-state index contributed by atoms with van der Waals surface area (Å²) in [6.07, 6.45) is 0. The minimum atomic E-state index is -0.446. The first kappa shape index (κ1) is 46.4. The molecule has 0 bridgehead atoms. The molecule has 0 aliphatic carbocycles. The van der Waals surface area contributed by atoms with Gasteiger partial charge in [0.2, 0.25) is 0 Å². The molecule has 5 heteroatoms. The molecule has 0 aliphatic heterocycles. The van der Waals surface area contributed by atoms with E-state index in [0.29, 0.717) is 0 Å². The van der Waals surface area contributed by atoms with Gasteiger partial charge in [-0.1, -0.05) is 273 Å². The van der Waals surface area contributed by atoms with Gasteiger partial charge in [-0.05, 0) is 71.5 Å². The molecule has 0 atom stereocenters. The normalized spacial score (nSPS) is 10.0. The van der Waals surface area contributed by atoms with Crippen LogP contribution in [0.3, 0.4) is 0 Å². The van der Waals surface area contributed by atoms with Crippen LogP contribution in [0.15, 0.2) is 273 Å². The van der Waals surface area contributed by atoms with Crippen molar-refractivity contribution in [1.82, 2.24) is 0 Å². The van der Waals surface area contributed by atoms with Gasteiger partial charge in [0.25, 0.3) is 0 Å². The standard InChI is InChI=1S/3C18H15P.C2H3N.Rh/c3*1-4-10-16(11-5-1)19(17-12-6-2-7-13-17)18-14-8-3-9-15-18;1-2-3;/h3*1-15H;1H3;. The van der Waals surface area contributed by atoms with Gasteiger partial charge in [-0.3, -0.25) is 0 Å². The zero-order valence-electron chi connectivity index (χ0n) is 34.1.